The number of H-pyrrole nitrogens is 1. The highest BCUT2D eigenvalue weighted by Crippen LogP contribution is 2.36. The van der Waals surface area contributed by atoms with Gasteiger partial charge in [0.1, 0.15) is 11.6 Å². The summed E-state index contributed by atoms with van der Waals surface area (Å²) in [5, 5.41) is 7.86. The molecule has 2 aromatic carbocycles. The van der Waals surface area contributed by atoms with Crippen LogP contribution in [-0.4, -0.2) is 26.0 Å². The predicted molar refractivity (Wildman–Crippen MR) is 140 cm³/mol. The number of rotatable bonds is 6. The summed E-state index contributed by atoms with van der Waals surface area (Å²) in [6.45, 7) is 0.550. The number of anilines is 3. The molecule has 192 valence electrons. The molecular weight excluding hydrogens is 519 g/mol. The second-order valence-electron chi connectivity index (χ2n) is 8.20. The van der Waals surface area contributed by atoms with Crippen LogP contribution >= 0.6 is 11.6 Å². The van der Waals surface area contributed by atoms with Gasteiger partial charge in [0.25, 0.3) is 0 Å². The first-order valence-electron chi connectivity index (χ1n) is 11.3. The number of benzene rings is 2. The number of carbonyl (C=O) groups is 1. The number of hydrogen-bond donors (Lipinski definition) is 4. The van der Waals surface area contributed by atoms with E-state index in [-0.39, 0.29) is 5.69 Å². The van der Waals surface area contributed by atoms with Gasteiger partial charge in [0, 0.05) is 36.5 Å². The van der Waals surface area contributed by atoms with E-state index in [1.54, 1.807) is 42.9 Å². The van der Waals surface area contributed by atoms with Crippen molar-refractivity contribution in [1.29, 1.82) is 0 Å². The van der Waals surface area contributed by atoms with Crippen LogP contribution in [0.1, 0.15) is 11.1 Å². The monoisotopic (exact) mass is 537 g/mol. The smallest absolute Gasteiger partial charge is 0.365 e. The first-order chi connectivity index (χ1) is 18.3. The highest BCUT2D eigenvalue weighted by atomic mass is 35.5. The largest absolute Gasteiger partial charge is 0.417 e. The normalized spacial score (nSPS) is 11.4. The molecule has 0 saturated carbocycles. The summed E-state index contributed by atoms with van der Waals surface area (Å²) in [5.41, 5.74) is 2.44. The molecule has 0 bridgehead atoms. The van der Waals surface area contributed by atoms with Gasteiger partial charge in [-0.2, -0.15) is 13.2 Å². The van der Waals surface area contributed by atoms with Crippen molar-refractivity contribution in [3.05, 3.63) is 95.4 Å². The lowest BCUT2D eigenvalue weighted by atomic mass is 10.2. The van der Waals surface area contributed by atoms with Crippen molar-refractivity contribution in [1.82, 2.24) is 19.9 Å². The molecule has 0 unspecified atom stereocenters. The van der Waals surface area contributed by atoms with Crippen LogP contribution in [0.25, 0.3) is 22.4 Å². The lowest BCUT2D eigenvalue weighted by molar-refractivity contribution is -0.137. The van der Waals surface area contributed by atoms with Gasteiger partial charge in [0.15, 0.2) is 0 Å². The van der Waals surface area contributed by atoms with Gasteiger partial charge in [-0.25, -0.2) is 14.8 Å². The Balaban J connectivity index is 1.32. The van der Waals surface area contributed by atoms with Gasteiger partial charge < -0.3 is 20.9 Å². The van der Waals surface area contributed by atoms with Crippen LogP contribution in [0.4, 0.5) is 35.2 Å². The number of alkyl halides is 3. The lowest BCUT2D eigenvalue weighted by Gasteiger charge is -2.12. The summed E-state index contributed by atoms with van der Waals surface area (Å²) < 4.78 is 39.3. The van der Waals surface area contributed by atoms with E-state index in [1.165, 1.54) is 6.07 Å². The molecular formula is C26H19ClF3N7O. The Kier molecular flexibility index (Phi) is 6.84. The number of fused-ring (bicyclic) bond motifs is 1. The molecule has 3 heterocycles. The summed E-state index contributed by atoms with van der Waals surface area (Å²) in [6, 6.07) is 15.0. The van der Waals surface area contributed by atoms with E-state index in [4.69, 9.17) is 11.6 Å². The number of pyridine rings is 2. The number of aromatic nitrogens is 4. The van der Waals surface area contributed by atoms with Crippen molar-refractivity contribution in [2.24, 2.45) is 0 Å². The number of aromatic amines is 1. The number of amides is 2. The molecule has 38 heavy (non-hydrogen) atoms. The Labute approximate surface area is 219 Å². The van der Waals surface area contributed by atoms with Crippen LogP contribution in [0, 0.1) is 0 Å². The third kappa shape index (κ3) is 5.68. The average molecular weight is 538 g/mol. The Morgan fingerprint density at radius 1 is 0.947 bits per heavy atom. The number of carbonyl (C=O) groups excluding carboxylic acids is 1. The molecule has 4 N–H and O–H groups in total. The number of imidazole rings is 1. The van der Waals surface area contributed by atoms with Gasteiger partial charge in [0.2, 0.25) is 0 Å². The number of hydrogen-bond acceptors (Lipinski definition) is 5. The van der Waals surface area contributed by atoms with Crippen LogP contribution in [0.5, 0.6) is 0 Å². The SMILES string of the molecule is O=C(Nc1ccc(Cl)c(C(F)(F)F)c1)Nc1ccc2nc(-c3cccnc3NCc3ccncc3)[nH]c2c1. The Bertz CT molecular complexity index is 1610. The topological polar surface area (TPSA) is 108 Å². The van der Waals surface area contributed by atoms with E-state index in [9.17, 15) is 18.0 Å². The lowest BCUT2D eigenvalue weighted by Crippen LogP contribution is -2.19. The zero-order valence-corrected chi connectivity index (χ0v) is 20.2. The molecule has 0 saturated heterocycles. The Morgan fingerprint density at radius 2 is 1.68 bits per heavy atom. The van der Waals surface area contributed by atoms with Crippen LogP contribution < -0.4 is 16.0 Å². The fraction of sp³-hybridized carbons (Fsp3) is 0.0769. The number of nitrogens with zero attached hydrogens (tertiary/aromatic N) is 3. The van der Waals surface area contributed by atoms with Crippen LogP contribution in [0.15, 0.2) is 79.3 Å². The van der Waals surface area contributed by atoms with Crippen LogP contribution in [0.2, 0.25) is 5.02 Å². The maximum atomic E-state index is 13.1. The zero-order chi connectivity index (χ0) is 26.7. The van der Waals surface area contributed by atoms with E-state index < -0.39 is 22.8 Å². The quantitative estimate of drug-likeness (QED) is 0.187. The van der Waals surface area contributed by atoms with Crippen molar-refractivity contribution >= 4 is 45.9 Å². The van der Waals surface area contributed by atoms with Gasteiger partial charge in [-0.1, -0.05) is 11.6 Å². The van der Waals surface area contributed by atoms with Gasteiger partial charge >= 0.3 is 12.2 Å². The third-order valence-corrected chi connectivity index (χ3v) is 5.87. The minimum absolute atomic E-state index is 0.0486. The Hall–Kier alpha value is -4.64. The van der Waals surface area contributed by atoms with E-state index in [1.807, 2.05) is 18.2 Å². The Morgan fingerprint density at radius 3 is 2.45 bits per heavy atom. The average Bonchev–Trinajstić information content (AvgIpc) is 3.32. The number of urea groups is 1. The van der Waals surface area contributed by atoms with E-state index in [2.05, 4.69) is 35.9 Å². The molecule has 12 heteroatoms. The molecule has 0 atom stereocenters. The molecule has 5 rings (SSSR count). The van der Waals surface area contributed by atoms with Gasteiger partial charge in [0.05, 0.1) is 27.2 Å². The predicted octanol–water partition coefficient (Wildman–Crippen LogP) is 6.95. The third-order valence-electron chi connectivity index (χ3n) is 5.54. The molecule has 3 aromatic heterocycles. The molecule has 8 nitrogen and oxygen atoms in total. The second-order valence-corrected chi connectivity index (χ2v) is 8.60. The molecule has 2 amide bonds. The minimum atomic E-state index is -4.64. The fourth-order valence-corrected chi connectivity index (χ4v) is 3.98. The molecule has 0 radical (unpaired) electrons. The van der Waals surface area contributed by atoms with Crippen LogP contribution in [0.3, 0.4) is 0 Å². The van der Waals surface area contributed by atoms with E-state index in [0.29, 0.717) is 34.9 Å². The molecule has 5 aromatic rings. The molecule has 0 spiro atoms. The first-order valence-corrected chi connectivity index (χ1v) is 11.7. The van der Waals surface area contributed by atoms with E-state index in [0.717, 1.165) is 23.3 Å². The zero-order valence-electron chi connectivity index (χ0n) is 19.5. The van der Waals surface area contributed by atoms with Crippen LogP contribution in [-0.2, 0) is 12.7 Å². The molecule has 0 aliphatic rings. The van der Waals surface area contributed by atoms with Crippen molar-refractivity contribution in [2.75, 3.05) is 16.0 Å². The van der Waals surface area contributed by atoms with Crippen molar-refractivity contribution < 1.29 is 18.0 Å². The van der Waals surface area contributed by atoms with Crippen molar-refractivity contribution in [3.63, 3.8) is 0 Å². The van der Waals surface area contributed by atoms with Crippen molar-refractivity contribution in [2.45, 2.75) is 12.7 Å². The summed E-state index contributed by atoms with van der Waals surface area (Å²) >= 11 is 5.64. The number of nitrogens with one attached hydrogen (secondary N) is 4. The fourth-order valence-electron chi connectivity index (χ4n) is 3.75. The molecule has 0 aliphatic heterocycles. The molecule has 0 aliphatic carbocycles. The van der Waals surface area contributed by atoms with Gasteiger partial charge in [-0.05, 0) is 66.2 Å². The van der Waals surface area contributed by atoms with Gasteiger partial charge in [-0.15, -0.1) is 0 Å². The van der Waals surface area contributed by atoms with Crippen molar-refractivity contribution in [3.8, 4) is 11.4 Å². The summed E-state index contributed by atoms with van der Waals surface area (Å²) in [5.74, 6) is 1.22. The standard InChI is InChI=1S/C26H19ClF3N7O/c27-20-5-3-16(12-19(20)26(28,29)30)34-25(38)35-17-4-6-21-22(13-17)37-24(36-21)18-2-1-9-32-23(18)33-14-15-7-10-31-11-8-15/h1-13H,14H2,(H,32,33)(H,36,37)(H2,34,35,38). The summed E-state index contributed by atoms with van der Waals surface area (Å²) in [6.07, 6.45) is 0.477. The second kappa shape index (κ2) is 10.4. The highest BCUT2D eigenvalue weighted by Gasteiger charge is 2.33. The van der Waals surface area contributed by atoms with E-state index >= 15 is 0 Å². The number of halogens is 4. The summed E-state index contributed by atoms with van der Waals surface area (Å²) in [7, 11) is 0. The highest BCUT2D eigenvalue weighted by molar-refractivity contribution is 6.31. The van der Waals surface area contributed by atoms with Gasteiger partial charge in [-0.3, -0.25) is 4.98 Å². The minimum Gasteiger partial charge on any atom is -0.365 e. The maximum absolute atomic E-state index is 13.1. The maximum Gasteiger partial charge on any atom is 0.417 e. The summed E-state index contributed by atoms with van der Waals surface area (Å²) in [4.78, 5) is 28.8. The first kappa shape index (κ1) is 25.0. The molecule has 0 fully saturated rings.